The van der Waals surface area contributed by atoms with Gasteiger partial charge in [0.1, 0.15) is 0 Å². The molecule has 4 nitrogen and oxygen atoms in total. The zero-order chi connectivity index (χ0) is 22.6. The van der Waals surface area contributed by atoms with E-state index in [0.29, 0.717) is 0 Å². The topological polar surface area (TPSA) is 52.6 Å². The minimum Gasteiger partial charge on any atom is -0.462 e. The lowest BCUT2D eigenvalue weighted by Gasteiger charge is -2.24. The van der Waals surface area contributed by atoms with Crippen molar-refractivity contribution < 1.29 is 19.1 Å². The summed E-state index contributed by atoms with van der Waals surface area (Å²) in [6, 6.07) is 3.47. The molecule has 0 radical (unpaired) electrons. The summed E-state index contributed by atoms with van der Waals surface area (Å²) in [5, 5.41) is 0. The number of carbonyl (C=O) groups excluding carboxylic acids is 2. The molecule has 0 saturated carbocycles. The maximum atomic E-state index is 12.9. The normalized spacial score (nSPS) is 12.6. The summed E-state index contributed by atoms with van der Waals surface area (Å²) in [6.45, 7) is 19.0. The lowest BCUT2D eigenvalue weighted by atomic mass is 9.83. The number of halogens is 1. The van der Waals surface area contributed by atoms with E-state index in [-0.39, 0.29) is 40.6 Å². The van der Waals surface area contributed by atoms with Crippen LogP contribution in [-0.2, 0) is 15.9 Å². The number of hydrogen-bond donors (Lipinski definition) is 0. The first-order valence-corrected chi connectivity index (χ1v) is 11.0. The van der Waals surface area contributed by atoms with E-state index < -0.39 is 11.9 Å². The molecule has 1 aromatic carbocycles. The third-order valence-electron chi connectivity index (χ3n) is 4.53. The molecule has 29 heavy (non-hydrogen) atoms. The van der Waals surface area contributed by atoms with E-state index in [1.54, 1.807) is 12.1 Å². The van der Waals surface area contributed by atoms with Crippen LogP contribution in [0.4, 0.5) is 0 Å². The Kier molecular flexibility index (Phi) is 8.53. The third-order valence-corrected chi connectivity index (χ3v) is 5.26. The van der Waals surface area contributed by atoms with Gasteiger partial charge < -0.3 is 9.47 Å². The van der Waals surface area contributed by atoms with Gasteiger partial charge in [0, 0.05) is 4.47 Å². The Bertz CT molecular complexity index is 736. The molecule has 0 spiro atoms. The van der Waals surface area contributed by atoms with Gasteiger partial charge in [0.15, 0.2) is 0 Å². The van der Waals surface area contributed by atoms with Crippen LogP contribution < -0.4 is 0 Å². The fraction of sp³-hybridized carbons (Fsp3) is 0.667. The van der Waals surface area contributed by atoms with Crippen molar-refractivity contribution in [3.05, 3.63) is 33.3 Å². The molecule has 0 saturated heterocycles. The molecule has 0 atom stereocenters. The molecule has 0 aliphatic rings. The standard InChI is InChI=1S/C24H37BrO4/c1-10-24(8,9)13-16-11-17(20(26)28-14-22(2,3)4)18(12-19(16)25)21(27)29-15-23(5,6)7/h11-12H,10,13-15H2,1-9H3. The fourth-order valence-electron chi connectivity index (χ4n) is 2.45. The van der Waals surface area contributed by atoms with Crippen molar-refractivity contribution in [1.29, 1.82) is 0 Å². The molecule has 0 bridgehead atoms. The van der Waals surface area contributed by atoms with Crippen LogP contribution in [0.25, 0.3) is 0 Å². The zero-order valence-electron chi connectivity index (χ0n) is 19.5. The van der Waals surface area contributed by atoms with Gasteiger partial charge in [-0.15, -0.1) is 0 Å². The molecule has 1 aromatic rings. The molecule has 5 heteroatoms. The lowest BCUT2D eigenvalue weighted by molar-refractivity contribution is 0.0322. The van der Waals surface area contributed by atoms with Gasteiger partial charge in [-0.1, -0.05) is 84.7 Å². The maximum Gasteiger partial charge on any atom is 0.339 e. The van der Waals surface area contributed by atoms with Crippen molar-refractivity contribution in [2.45, 2.75) is 75.2 Å². The average Bonchev–Trinajstić information content (AvgIpc) is 2.57. The van der Waals surface area contributed by atoms with Crippen molar-refractivity contribution in [1.82, 2.24) is 0 Å². The molecule has 0 fully saturated rings. The third kappa shape index (κ3) is 8.90. The van der Waals surface area contributed by atoms with Gasteiger partial charge in [0.2, 0.25) is 0 Å². The van der Waals surface area contributed by atoms with Crippen molar-refractivity contribution in [3.63, 3.8) is 0 Å². The highest BCUT2D eigenvalue weighted by Crippen LogP contribution is 2.32. The van der Waals surface area contributed by atoms with Crippen molar-refractivity contribution in [3.8, 4) is 0 Å². The molecule has 0 amide bonds. The molecule has 0 aliphatic carbocycles. The van der Waals surface area contributed by atoms with Crippen LogP contribution in [-0.4, -0.2) is 25.2 Å². The number of benzene rings is 1. The Morgan fingerprint density at radius 3 is 1.62 bits per heavy atom. The molecule has 0 unspecified atom stereocenters. The van der Waals surface area contributed by atoms with E-state index in [1.807, 2.05) is 41.5 Å². The van der Waals surface area contributed by atoms with Gasteiger partial charge in [-0.2, -0.15) is 0 Å². The molecule has 0 aliphatic heterocycles. The molecular formula is C24H37BrO4. The van der Waals surface area contributed by atoms with E-state index >= 15 is 0 Å². The number of hydrogen-bond acceptors (Lipinski definition) is 4. The van der Waals surface area contributed by atoms with Crippen LogP contribution in [0, 0.1) is 16.2 Å². The van der Waals surface area contributed by atoms with E-state index in [0.717, 1.165) is 22.9 Å². The molecule has 1 rings (SSSR count). The quantitative estimate of drug-likeness (QED) is 0.411. The van der Waals surface area contributed by atoms with Gasteiger partial charge in [-0.05, 0) is 40.4 Å². The number of rotatable bonds is 7. The summed E-state index contributed by atoms with van der Waals surface area (Å²) < 4.78 is 11.8. The van der Waals surface area contributed by atoms with E-state index in [1.165, 1.54) is 0 Å². The Morgan fingerprint density at radius 1 is 0.828 bits per heavy atom. The van der Waals surface area contributed by atoms with Crippen LogP contribution in [0.2, 0.25) is 0 Å². The van der Waals surface area contributed by atoms with Crippen LogP contribution in [0.15, 0.2) is 16.6 Å². The minimum absolute atomic E-state index is 0.0728. The average molecular weight is 469 g/mol. The first-order chi connectivity index (χ1) is 13.0. The summed E-state index contributed by atoms with van der Waals surface area (Å²) in [5.41, 5.74) is 1.22. The molecular weight excluding hydrogens is 432 g/mol. The zero-order valence-corrected chi connectivity index (χ0v) is 21.1. The Morgan fingerprint density at radius 2 is 1.24 bits per heavy atom. The second-order valence-corrected chi connectivity index (χ2v) is 11.8. The minimum atomic E-state index is -0.510. The summed E-state index contributed by atoms with van der Waals surface area (Å²) >= 11 is 3.58. The predicted octanol–water partition coefficient (Wildman–Crippen LogP) is 6.83. The van der Waals surface area contributed by atoms with Crippen molar-refractivity contribution in [2.24, 2.45) is 16.2 Å². The second-order valence-electron chi connectivity index (χ2n) is 11.0. The van der Waals surface area contributed by atoms with E-state index in [4.69, 9.17) is 9.47 Å². The van der Waals surface area contributed by atoms with Crippen LogP contribution in [0.1, 0.15) is 95.0 Å². The molecule has 0 aromatic heterocycles. The molecule has 164 valence electrons. The summed E-state index contributed by atoms with van der Waals surface area (Å²) in [6.07, 6.45) is 1.78. The highest BCUT2D eigenvalue weighted by atomic mass is 79.9. The Balaban J connectivity index is 3.32. The number of esters is 2. The summed E-state index contributed by atoms with van der Waals surface area (Å²) in [5.74, 6) is -1.00. The predicted molar refractivity (Wildman–Crippen MR) is 121 cm³/mol. The molecule has 0 heterocycles. The SMILES string of the molecule is CCC(C)(C)Cc1cc(C(=O)OCC(C)(C)C)c(C(=O)OCC(C)(C)C)cc1Br. The van der Waals surface area contributed by atoms with Gasteiger partial charge in [0.25, 0.3) is 0 Å². The first-order valence-electron chi connectivity index (χ1n) is 10.2. The van der Waals surface area contributed by atoms with Gasteiger partial charge in [0.05, 0.1) is 24.3 Å². The van der Waals surface area contributed by atoms with Crippen LogP contribution in [0.3, 0.4) is 0 Å². The van der Waals surface area contributed by atoms with E-state index in [2.05, 4.69) is 36.7 Å². The van der Waals surface area contributed by atoms with Gasteiger partial charge in [-0.25, -0.2) is 9.59 Å². The van der Waals surface area contributed by atoms with Crippen LogP contribution >= 0.6 is 15.9 Å². The highest BCUT2D eigenvalue weighted by molar-refractivity contribution is 9.10. The highest BCUT2D eigenvalue weighted by Gasteiger charge is 2.26. The maximum absolute atomic E-state index is 12.9. The molecule has 0 N–H and O–H groups in total. The van der Waals surface area contributed by atoms with E-state index in [9.17, 15) is 9.59 Å². The largest absolute Gasteiger partial charge is 0.462 e. The summed E-state index contributed by atoms with van der Waals surface area (Å²) in [7, 11) is 0. The number of carbonyl (C=O) groups is 2. The number of ether oxygens (including phenoxy) is 2. The van der Waals surface area contributed by atoms with Crippen molar-refractivity contribution in [2.75, 3.05) is 13.2 Å². The van der Waals surface area contributed by atoms with Gasteiger partial charge in [-0.3, -0.25) is 0 Å². The van der Waals surface area contributed by atoms with Crippen molar-refractivity contribution >= 4 is 27.9 Å². The van der Waals surface area contributed by atoms with Crippen LogP contribution in [0.5, 0.6) is 0 Å². The smallest absolute Gasteiger partial charge is 0.339 e. The first kappa shape index (κ1) is 25.7. The fourth-order valence-corrected chi connectivity index (χ4v) is 2.94. The Labute approximate surface area is 184 Å². The Hall–Kier alpha value is -1.36. The second kappa shape index (κ2) is 9.63. The lowest BCUT2D eigenvalue weighted by Crippen LogP contribution is -2.23. The van der Waals surface area contributed by atoms with Gasteiger partial charge >= 0.3 is 11.9 Å². The monoisotopic (exact) mass is 468 g/mol. The summed E-state index contributed by atoms with van der Waals surface area (Å²) in [4.78, 5) is 25.6.